The highest BCUT2D eigenvalue weighted by Gasteiger charge is 2.20. The van der Waals surface area contributed by atoms with Crippen LogP contribution in [0.2, 0.25) is 10.0 Å². The highest BCUT2D eigenvalue weighted by atomic mass is 35.5. The lowest BCUT2D eigenvalue weighted by molar-refractivity contribution is 0.331. The molecule has 1 fully saturated rings. The van der Waals surface area contributed by atoms with Crippen LogP contribution in [0, 0.1) is 5.92 Å². The topological polar surface area (TPSA) is 29.9 Å². The number of piperidine rings is 1. The summed E-state index contributed by atoms with van der Waals surface area (Å²) in [5.74, 6) is 2.22. The number of imidazole rings is 1. The molecule has 2 heterocycles. The van der Waals surface area contributed by atoms with Gasteiger partial charge in [-0.3, -0.25) is 0 Å². The van der Waals surface area contributed by atoms with Gasteiger partial charge in [-0.05, 0) is 44.0 Å². The zero-order valence-electron chi connectivity index (χ0n) is 12.5. The lowest BCUT2D eigenvalue weighted by atomic mass is 9.98. The van der Waals surface area contributed by atoms with Gasteiger partial charge in [0.15, 0.2) is 0 Å². The number of benzene rings is 1. The molecular formula is C16H21Cl2N3. The highest BCUT2D eigenvalue weighted by Crippen LogP contribution is 2.31. The van der Waals surface area contributed by atoms with E-state index in [1.165, 1.54) is 12.8 Å². The van der Waals surface area contributed by atoms with E-state index in [1.54, 1.807) is 0 Å². The molecule has 21 heavy (non-hydrogen) atoms. The van der Waals surface area contributed by atoms with Crippen molar-refractivity contribution in [2.45, 2.75) is 39.2 Å². The Kier molecular flexibility index (Phi) is 4.43. The van der Waals surface area contributed by atoms with Crippen LogP contribution in [0.5, 0.6) is 0 Å². The Hall–Kier alpha value is -0.770. The Balaban J connectivity index is 2.04. The number of nitrogens with one attached hydrogen (secondary N) is 1. The van der Waals surface area contributed by atoms with Gasteiger partial charge in [-0.15, -0.1) is 0 Å². The number of rotatable bonds is 3. The summed E-state index contributed by atoms with van der Waals surface area (Å²) in [6, 6.07) is 3.84. The van der Waals surface area contributed by atoms with Gasteiger partial charge in [0, 0.05) is 12.5 Å². The number of nitrogens with zero attached hydrogens (tertiary/aromatic N) is 2. The van der Waals surface area contributed by atoms with Crippen molar-refractivity contribution in [3.05, 3.63) is 28.0 Å². The van der Waals surface area contributed by atoms with Crippen molar-refractivity contribution in [1.29, 1.82) is 0 Å². The second kappa shape index (κ2) is 6.15. The molecule has 0 atom stereocenters. The minimum atomic E-state index is 0.386. The fraction of sp³-hybridized carbons (Fsp3) is 0.562. The molecule has 1 aromatic carbocycles. The number of hydrogen-bond acceptors (Lipinski definition) is 2. The summed E-state index contributed by atoms with van der Waals surface area (Å²) in [6.45, 7) is 7.61. The van der Waals surface area contributed by atoms with E-state index in [1.807, 2.05) is 12.1 Å². The van der Waals surface area contributed by atoms with Gasteiger partial charge in [-0.2, -0.15) is 0 Å². The van der Waals surface area contributed by atoms with Crippen LogP contribution in [0.15, 0.2) is 12.1 Å². The van der Waals surface area contributed by atoms with E-state index in [0.29, 0.717) is 21.9 Å². The molecule has 0 aliphatic carbocycles. The Labute approximate surface area is 135 Å². The van der Waals surface area contributed by atoms with Gasteiger partial charge in [0.2, 0.25) is 0 Å². The first kappa shape index (κ1) is 15.1. The second-order valence-corrected chi connectivity index (χ2v) is 7.00. The van der Waals surface area contributed by atoms with Gasteiger partial charge < -0.3 is 9.88 Å². The minimum absolute atomic E-state index is 0.386. The Morgan fingerprint density at radius 2 is 1.90 bits per heavy atom. The first-order valence-corrected chi connectivity index (χ1v) is 8.37. The number of fused-ring (bicyclic) bond motifs is 1. The first-order chi connectivity index (χ1) is 10.1. The van der Waals surface area contributed by atoms with Crippen LogP contribution in [-0.4, -0.2) is 22.6 Å². The summed E-state index contributed by atoms with van der Waals surface area (Å²) in [5.41, 5.74) is 2.05. The molecule has 0 radical (unpaired) electrons. The normalized spacial score (nSPS) is 17.0. The van der Waals surface area contributed by atoms with Crippen molar-refractivity contribution in [2.75, 3.05) is 13.1 Å². The minimum Gasteiger partial charge on any atom is -0.327 e. The van der Waals surface area contributed by atoms with Gasteiger partial charge in [-0.25, -0.2) is 4.98 Å². The number of hydrogen-bond donors (Lipinski definition) is 1. The van der Waals surface area contributed by atoms with Crippen molar-refractivity contribution < 1.29 is 0 Å². The maximum Gasteiger partial charge on any atom is 0.112 e. The fourth-order valence-corrected chi connectivity index (χ4v) is 3.41. The lowest BCUT2D eigenvalue weighted by Crippen LogP contribution is -2.30. The molecule has 1 aliphatic heterocycles. The average Bonchev–Trinajstić information content (AvgIpc) is 2.79. The number of aromatic nitrogens is 2. The zero-order valence-corrected chi connectivity index (χ0v) is 14.0. The molecule has 1 aromatic heterocycles. The molecule has 0 bridgehead atoms. The molecule has 0 unspecified atom stereocenters. The first-order valence-electron chi connectivity index (χ1n) is 7.62. The summed E-state index contributed by atoms with van der Waals surface area (Å²) in [5, 5.41) is 4.60. The molecule has 3 rings (SSSR count). The van der Waals surface area contributed by atoms with Crippen LogP contribution in [0.4, 0.5) is 0 Å². The van der Waals surface area contributed by atoms with E-state index in [2.05, 4.69) is 23.7 Å². The predicted molar refractivity (Wildman–Crippen MR) is 89.4 cm³/mol. The molecule has 1 saturated heterocycles. The summed E-state index contributed by atoms with van der Waals surface area (Å²) in [7, 11) is 0. The average molecular weight is 326 g/mol. The van der Waals surface area contributed by atoms with Crippen LogP contribution in [0.1, 0.15) is 38.4 Å². The van der Waals surface area contributed by atoms with Gasteiger partial charge in [-0.1, -0.05) is 37.0 Å². The van der Waals surface area contributed by atoms with Gasteiger partial charge in [0.05, 0.1) is 21.1 Å². The van der Waals surface area contributed by atoms with Crippen molar-refractivity contribution in [2.24, 2.45) is 5.92 Å². The molecule has 0 spiro atoms. The van der Waals surface area contributed by atoms with Gasteiger partial charge in [0.25, 0.3) is 0 Å². The summed E-state index contributed by atoms with van der Waals surface area (Å²) in [6.07, 6.45) is 2.44. The molecule has 1 N–H and O–H groups in total. The van der Waals surface area contributed by atoms with Crippen LogP contribution in [-0.2, 0) is 6.54 Å². The molecule has 0 saturated carbocycles. The van der Waals surface area contributed by atoms with Gasteiger partial charge in [0.1, 0.15) is 5.82 Å². The third-order valence-electron chi connectivity index (χ3n) is 4.24. The summed E-state index contributed by atoms with van der Waals surface area (Å²) in [4.78, 5) is 4.78. The highest BCUT2D eigenvalue weighted by molar-refractivity contribution is 6.42. The van der Waals surface area contributed by atoms with E-state index in [-0.39, 0.29) is 0 Å². The smallest absolute Gasteiger partial charge is 0.112 e. The van der Waals surface area contributed by atoms with Crippen molar-refractivity contribution in [3.63, 3.8) is 0 Å². The van der Waals surface area contributed by atoms with Crippen molar-refractivity contribution in [3.8, 4) is 0 Å². The number of halogens is 2. The SMILES string of the molecule is CC(C)c1nc2cc(Cl)c(Cl)cc2n1CC1CCNCC1. The molecule has 1 aliphatic rings. The second-order valence-electron chi connectivity index (χ2n) is 6.18. The van der Waals surface area contributed by atoms with Crippen molar-refractivity contribution in [1.82, 2.24) is 14.9 Å². The predicted octanol–water partition coefficient (Wildman–Crippen LogP) is 4.47. The molecule has 114 valence electrons. The largest absolute Gasteiger partial charge is 0.327 e. The van der Waals surface area contributed by atoms with Gasteiger partial charge >= 0.3 is 0 Å². The van der Waals surface area contributed by atoms with E-state index in [4.69, 9.17) is 28.2 Å². The molecule has 3 nitrogen and oxygen atoms in total. The Morgan fingerprint density at radius 3 is 2.57 bits per heavy atom. The van der Waals surface area contributed by atoms with E-state index >= 15 is 0 Å². The third-order valence-corrected chi connectivity index (χ3v) is 4.96. The van der Waals surface area contributed by atoms with Crippen LogP contribution in [0.25, 0.3) is 11.0 Å². The monoisotopic (exact) mass is 325 g/mol. The van der Waals surface area contributed by atoms with Crippen LogP contribution >= 0.6 is 23.2 Å². The fourth-order valence-electron chi connectivity index (χ4n) is 3.09. The standard InChI is InChI=1S/C16H21Cl2N3/c1-10(2)16-20-14-7-12(17)13(18)8-15(14)21(16)9-11-3-5-19-6-4-11/h7-8,10-11,19H,3-6,9H2,1-2H3. The molecule has 0 amide bonds. The van der Waals surface area contributed by atoms with E-state index < -0.39 is 0 Å². The summed E-state index contributed by atoms with van der Waals surface area (Å²) < 4.78 is 2.35. The quantitative estimate of drug-likeness (QED) is 0.902. The Morgan fingerprint density at radius 1 is 1.24 bits per heavy atom. The molecule has 2 aromatic rings. The molecular weight excluding hydrogens is 305 g/mol. The van der Waals surface area contributed by atoms with Crippen LogP contribution in [0.3, 0.4) is 0 Å². The van der Waals surface area contributed by atoms with Crippen LogP contribution < -0.4 is 5.32 Å². The van der Waals surface area contributed by atoms with E-state index in [9.17, 15) is 0 Å². The Bertz CT molecular complexity index is 642. The maximum atomic E-state index is 6.21. The lowest BCUT2D eigenvalue weighted by Gasteiger charge is -2.24. The summed E-state index contributed by atoms with van der Waals surface area (Å²) >= 11 is 12.3. The zero-order chi connectivity index (χ0) is 15.0. The maximum absolute atomic E-state index is 6.21. The van der Waals surface area contributed by atoms with E-state index in [0.717, 1.165) is 36.5 Å². The third kappa shape index (κ3) is 3.05. The molecule has 5 heteroatoms. The van der Waals surface area contributed by atoms with Crippen molar-refractivity contribution >= 4 is 34.2 Å².